The molecule has 0 bridgehead atoms. The number of fused-ring (bicyclic) bond motifs is 1. The summed E-state index contributed by atoms with van der Waals surface area (Å²) in [5, 5.41) is 11.4. The van der Waals surface area contributed by atoms with Crippen LogP contribution in [0, 0.1) is 13.8 Å². The smallest absolute Gasteiger partial charge is 0.161 e. The van der Waals surface area contributed by atoms with Crippen molar-refractivity contribution >= 4 is 11.6 Å². The van der Waals surface area contributed by atoms with Crippen molar-refractivity contribution in [3.05, 3.63) is 57.6 Å². The SMILES string of the molecule is Cc1cc(C(O)c2ccc3c(c2)OCCO3)c(C)cc1Cl. The molecule has 0 aromatic heterocycles. The van der Waals surface area contributed by atoms with Crippen molar-refractivity contribution in [3.8, 4) is 11.5 Å². The number of aliphatic hydroxyl groups excluding tert-OH is 1. The molecule has 0 radical (unpaired) electrons. The van der Waals surface area contributed by atoms with Gasteiger partial charge in [-0.15, -0.1) is 0 Å². The zero-order chi connectivity index (χ0) is 15.0. The molecule has 2 aromatic carbocycles. The lowest BCUT2D eigenvalue weighted by atomic mass is 9.95. The van der Waals surface area contributed by atoms with Crippen LogP contribution < -0.4 is 9.47 Å². The third kappa shape index (κ3) is 2.71. The van der Waals surface area contributed by atoms with E-state index in [-0.39, 0.29) is 0 Å². The number of rotatable bonds is 2. The van der Waals surface area contributed by atoms with Gasteiger partial charge >= 0.3 is 0 Å². The monoisotopic (exact) mass is 304 g/mol. The van der Waals surface area contributed by atoms with E-state index in [1.165, 1.54) is 0 Å². The van der Waals surface area contributed by atoms with Gasteiger partial charge in [0.25, 0.3) is 0 Å². The lowest BCUT2D eigenvalue weighted by Gasteiger charge is -2.21. The number of benzene rings is 2. The van der Waals surface area contributed by atoms with Crippen molar-refractivity contribution in [1.82, 2.24) is 0 Å². The molecular weight excluding hydrogens is 288 g/mol. The van der Waals surface area contributed by atoms with Crippen molar-refractivity contribution in [2.45, 2.75) is 20.0 Å². The Morgan fingerprint density at radius 2 is 1.71 bits per heavy atom. The maximum atomic E-state index is 10.7. The number of halogens is 1. The molecule has 1 aliphatic heterocycles. The molecule has 0 fully saturated rings. The average molecular weight is 305 g/mol. The van der Waals surface area contributed by atoms with Crippen molar-refractivity contribution < 1.29 is 14.6 Å². The minimum Gasteiger partial charge on any atom is -0.486 e. The fourth-order valence-electron chi connectivity index (χ4n) is 2.51. The molecule has 2 aromatic rings. The Hall–Kier alpha value is -1.71. The lowest BCUT2D eigenvalue weighted by Crippen LogP contribution is -2.15. The van der Waals surface area contributed by atoms with Gasteiger partial charge in [-0.25, -0.2) is 0 Å². The molecule has 0 saturated heterocycles. The molecule has 4 heteroatoms. The summed E-state index contributed by atoms with van der Waals surface area (Å²) in [6, 6.07) is 9.35. The number of hydrogen-bond acceptors (Lipinski definition) is 3. The Labute approximate surface area is 129 Å². The molecule has 3 rings (SSSR count). The van der Waals surface area contributed by atoms with Gasteiger partial charge < -0.3 is 14.6 Å². The Kier molecular flexibility index (Phi) is 3.79. The largest absolute Gasteiger partial charge is 0.486 e. The van der Waals surface area contributed by atoms with Crippen LogP contribution in [0.3, 0.4) is 0 Å². The van der Waals surface area contributed by atoms with Crippen LogP contribution in [0.25, 0.3) is 0 Å². The van der Waals surface area contributed by atoms with Crippen molar-refractivity contribution in [2.75, 3.05) is 13.2 Å². The summed E-state index contributed by atoms with van der Waals surface area (Å²) >= 11 is 6.11. The highest BCUT2D eigenvalue weighted by Crippen LogP contribution is 2.35. The third-order valence-corrected chi connectivity index (χ3v) is 4.13. The first-order valence-corrected chi connectivity index (χ1v) is 7.28. The van der Waals surface area contributed by atoms with Crippen molar-refractivity contribution in [3.63, 3.8) is 0 Å². The van der Waals surface area contributed by atoms with E-state index in [9.17, 15) is 5.11 Å². The number of hydrogen-bond donors (Lipinski definition) is 1. The Morgan fingerprint density at radius 3 is 2.48 bits per heavy atom. The molecule has 1 N–H and O–H groups in total. The highest BCUT2D eigenvalue weighted by molar-refractivity contribution is 6.31. The molecule has 1 heterocycles. The van der Waals surface area contributed by atoms with Crippen molar-refractivity contribution in [1.29, 1.82) is 0 Å². The van der Waals surface area contributed by atoms with E-state index in [1.54, 1.807) is 0 Å². The van der Waals surface area contributed by atoms with Crippen LogP contribution in [-0.4, -0.2) is 18.3 Å². The molecule has 21 heavy (non-hydrogen) atoms. The molecule has 0 aliphatic carbocycles. The van der Waals surface area contributed by atoms with E-state index in [2.05, 4.69) is 0 Å². The molecule has 3 nitrogen and oxygen atoms in total. The van der Waals surface area contributed by atoms with Crippen LogP contribution in [0.2, 0.25) is 5.02 Å². The van der Waals surface area contributed by atoms with Crippen LogP contribution in [0.4, 0.5) is 0 Å². The molecule has 110 valence electrons. The standard InChI is InChI=1S/C17H17ClO3/c1-10-8-14(18)11(2)7-13(10)17(19)12-3-4-15-16(9-12)21-6-5-20-15/h3-4,7-9,17,19H,5-6H2,1-2H3. The van der Waals surface area contributed by atoms with E-state index < -0.39 is 6.10 Å². The molecule has 1 aliphatic rings. The molecule has 0 amide bonds. The van der Waals surface area contributed by atoms with Gasteiger partial charge in [0.15, 0.2) is 11.5 Å². The zero-order valence-electron chi connectivity index (χ0n) is 12.0. The number of aryl methyl sites for hydroxylation is 2. The first-order valence-electron chi connectivity index (χ1n) is 6.90. The van der Waals surface area contributed by atoms with Crippen LogP contribution in [-0.2, 0) is 0 Å². The van der Waals surface area contributed by atoms with Gasteiger partial charge in [0.05, 0.1) is 0 Å². The fourth-order valence-corrected chi connectivity index (χ4v) is 2.73. The molecule has 0 spiro atoms. The summed E-state index contributed by atoms with van der Waals surface area (Å²) < 4.78 is 11.1. The highest BCUT2D eigenvalue weighted by Gasteiger charge is 2.18. The van der Waals surface area contributed by atoms with Gasteiger partial charge in [-0.3, -0.25) is 0 Å². The molecule has 0 saturated carbocycles. The Balaban J connectivity index is 1.98. The summed E-state index contributed by atoms with van der Waals surface area (Å²) in [6.07, 6.45) is -0.711. The normalized spacial score (nSPS) is 14.9. The van der Waals surface area contributed by atoms with E-state index in [0.717, 1.165) is 28.0 Å². The second-order valence-corrected chi connectivity index (χ2v) is 5.67. The predicted octanol–water partition coefficient (Wildman–Crippen LogP) is 3.81. The molecule has 1 unspecified atom stereocenters. The summed E-state index contributed by atoms with van der Waals surface area (Å²) in [6.45, 7) is 4.97. The van der Waals surface area contributed by atoms with Crippen LogP contribution in [0.1, 0.15) is 28.4 Å². The quantitative estimate of drug-likeness (QED) is 0.917. The van der Waals surface area contributed by atoms with Crippen LogP contribution in [0.5, 0.6) is 11.5 Å². The van der Waals surface area contributed by atoms with Crippen LogP contribution >= 0.6 is 11.6 Å². The summed E-state index contributed by atoms with van der Waals surface area (Å²) in [5.41, 5.74) is 3.56. The number of aliphatic hydroxyl groups is 1. The molecular formula is C17H17ClO3. The molecule has 1 atom stereocenters. The topological polar surface area (TPSA) is 38.7 Å². The predicted molar refractivity (Wildman–Crippen MR) is 82.4 cm³/mol. The first-order chi connectivity index (χ1) is 10.1. The van der Waals surface area contributed by atoms with Gasteiger partial charge in [0, 0.05) is 5.02 Å². The maximum absolute atomic E-state index is 10.7. The minimum absolute atomic E-state index is 0.533. The third-order valence-electron chi connectivity index (χ3n) is 3.72. The van der Waals surface area contributed by atoms with Gasteiger partial charge in [0.2, 0.25) is 0 Å². The van der Waals surface area contributed by atoms with Gasteiger partial charge in [0.1, 0.15) is 19.3 Å². The minimum atomic E-state index is -0.711. The Morgan fingerprint density at radius 1 is 1.00 bits per heavy atom. The van der Waals surface area contributed by atoms with E-state index in [4.69, 9.17) is 21.1 Å². The number of ether oxygens (including phenoxy) is 2. The highest BCUT2D eigenvalue weighted by atomic mass is 35.5. The van der Waals surface area contributed by atoms with Gasteiger partial charge in [-0.2, -0.15) is 0 Å². The van der Waals surface area contributed by atoms with E-state index in [0.29, 0.717) is 24.0 Å². The Bertz CT molecular complexity index is 682. The lowest BCUT2D eigenvalue weighted by molar-refractivity contribution is 0.169. The summed E-state index contributed by atoms with van der Waals surface area (Å²) in [5.74, 6) is 1.40. The maximum Gasteiger partial charge on any atom is 0.161 e. The second-order valence-electron chi connectivity index (χ2n) is 5.26. The summed E-state index contributed by atoms with van der Waals surface area (Å²) in [4.78, 5) is 0. The first kappa shape index (κ1) is 14.2. The average Bonchev–Trinajstić information content (AvgIpc) is 2.50. The van der Waals surface area contributed by atoms with E-state index >= 15 is 0 Å². The summed E-state index contributed by atoms with van der Waals surface area (Å²) in [7, 11) is 0. The van der Waals surface area contributed by atoms with Crippen LogP contribution in [0.15, 0.2) is 30.3 Å². The fraction of sp³-hybridized carbons (Fsp3) is 0.294. The van der Waals surface area contributed by atoms with Crippen molar-refractivity contribution in [2.24, 2.45) is 0 Å². The van der Waals surface area contributed by atoms with E-state index in [1.807, 2.05) is 44.2 Å². The van der Waals surface area contributed by atoms with Gasteiger partial charge in [-0.1, -0.05) is 23.7 Å². The second kappa shape index (κ2) is 5.58. The van der Waals surface area contributed by atoms with Gasteiger partial charge in [-0.05, 0) is 54.3 Å². The zero-order valence-corrected chi connectivity index (χ0v) is 12.8.